The van der Waals surface area contributed by atoms with Gasteiger partial charge in [0.05, 0.1) is 13.2 Å². The van der Waals surface area contributed by atoms with Crippen LogP contribution in [0.5, 0.6) is 5.75 Å². The van der Waals surface area contributed by atoms with Crippen LogP contribution in [-0.4, -0.2) is 27.9 Å². The van der Waals surface area contributed by atoms with Gasteiger partial charge in [0.15, 0.2) is 5.82 Å². The average molecular weight is 329 g/mol. The molecule has 1 aromatic carbocycles. The Bertz CT molecular complexity index is 741. The van der Waals surface area contributed by atoms with Crippen molar-refractivity contribution >= 4 is 11.7 Å². The second-order valence-corrected chi connectivity index (χ2v) is 5.94. The zero-order valence-corrected chi connectivity index (χ0v) is 14.3. The lowest BCUT2D eigenvalue weighted by molar-refractivity contribution is 0.244. The smallest absolute Gasteiger partial charge is 0.319 e. The second kappa shape index (κ2) is 6.90. The molecule has 1 aromatic heterocycles. The first kappa shape index (κ1) is 16.3. The van der Waals surface area contributed by atoms with Crippen molar-refractivity contribution in [3.63, 3.8) is 0 Å². The van der Waals surface area contributed by atoms with Crippen LogP contribution in [0.1, 0.15) is 43.0 Å². The number of fused-ring (bicyclic) bond motifs is 1. The molecular weight excluding hydrogens is 306 g/mol. The van der Waals surface area contributed by atoms with Gasteiger partial charge in [-0.15, -0.1) is 0 Å². The Hall–Kier alpha value is -2.57. The normalized spacial score (nSPS) is 16.4. The summed E-state index contributed by atoms with van der Waals surface area (Å²) < 4.78 is 7.12. The van der Waals surface area contributed by atoms with Crippen LogP contribution in [0.3, 0.4) is 0 Å². The van der Waals surface area contributed by atoms with E-state index in [2.05, 4.69) is 20.7 Å². The number of anilines is 1. The molecule has 2 N–H and O–H groups in total. The third-order valence-corrected chi connectivity index (χ3v) is 4.23. The van der Waals surface area contributed by atoms with Crippen molar-refractivity contribution in [1.29, 1.82) is 0 Å². The maximum absolute atomic E-state index is 12.4. The molecule has 24 heavy (non-hydrogen) atoms. The number of urea groups is 1. The molecule has 2 aromatic rings. The van der Waals surface area contributed by atoms with E-state index in [0.717, 1.165) is 48.7 Å². The summed E-state index contributed by atoms with van der Waals surface area (Å²) in [4.78, 5) is 16.9. The Balaban J connectivity index is 1.71. The highest BCUT2D eigenvalue weighted by Gasteiger charge is 2.25. The number of aryl methyl sites for hydroxylation is 3. The quantitative estimate of drug-likeness (QED) is 0.904. The molecule has 2 amide bonds. The van der Waals surface area contributed by atoms with Gasteiger partial charge in [-0.2, -0.15) is 5.10 Å². The minimum atomic E-state index is -0.245. The molecule has 7 nitrogen and oxygen atoms in total. The third-order valence-electron chi connectivity index (χ3n) is 4.23. The molecule has 0 radical (unpaired) electrons. The highest BCUT2D eigenvalue weighted by Crippen LogP contribution is 2.25. The van der Waals surface area contributed by atoms with E-state index in [1.807, 2.05) is 36.7 Å². The number of hydrogen-bond acceptors (Lipinski definition) is 4. The molecule has 0 saturated heterocycles. The predicted octanol–water partition coefficient (Wildman–Crippen LogP) is 2.81. The first-order chi connectivity index (χ1) is 11.6. The molecule has 0 unspecified atom stereocenters. The van der Waals surface area contributed by atoms with Gasteiger partial charge in [0.2, 0.25) is 0 Å². The summed E-state index contributed by atoms with van der Waals surface area (Å²) in [5.74, 6) is 2.37. The summed E-state index contributed by atoms with van der Waals surface area (Å²) in [6, 6.07) is 5.24. The average Bonchev–Trinajstić information content (AvgIpc) is 3.01. The number of benzene rings is 1. The van der Waals surface area contributed by atoms with Crippen LogP contribution < -0.4 is 15.4 Å². The van der Waals surface area contributed by atoms with Gasteiger partial charge in [-0.05, 0) is 31.4 Å². The maximum Gasteiger partial charge on any atom is 0.319 e. The van der Waals surface area contributed by atoms with Gasteiger partial charge in [0, 0.05) is 24.7 Å². The van der Waals surface area contributed by atoms with Crippen molar-refractivity contribution in [1.82, 2.24) is 20.1 Å². The Labute approximate surface area is 141 Å². The van der Waals surface area contributed by atoms with Crippen molar-refractivity contribution in [3.8, 4) is 5.75 Å². The van der Waals surface area contributed by atoms with Gasteiger partial charge >= 0.3 is 6.03 Å². The number of ether oxygens (including phenoxy) is 1. The van der Waals surface area contributed by atoms with E-state index in [1.165, 1.54) is 0 Å². The van der Waals surface area contributed by atoms with Gasteiger partial charge in [0.25, 0.3) is 0 Å². The number of nitrogens with zero attached hydrogens (tertiary/aromatic N) is 3. The molecule has 1 aliphatic rings. The molecule has 1 atom stereocenters. The lowest BCUT2D eigenvalue weighted by Crippen LogP contribution is -2.36. The number of aromatic nitrogens is 3. The van der Waals surface area contributed by atoms with Crippen molar-refractivity contribution in [3.05, 3.63) is 35.4 Å². The van der Waals surface area contributed by atoms with Crippen LogP contribution >= 0.6 is 0 Å². The van der Waals surface area contributed by atoms with E-state index in [-0.39, 0.29) is 12.1 Å². The second-order valence-electron chi connectivity index (χ2n) is 5.94. The fourth-order valence-electron chi connectivity index (χ4n) is 2.87. The third kappa shape index (κ3) is 3.34. The molecule has 0 spiro atoms. The zero-order chi connectivity index (χ0) is 17.1. The molecule has 0 fully saturated rings. The summed E-state index contributed by atoms with van der Waals surface area (Å²) in [5, 5.41) is 10.4. The van der Waals surface area contributed by atoms with Gasteiger partial charge in [0.1, 0.15) is 11.6 Å². The predicted molar refractivity (Wildman–Crippen MR) is 91.3 cm³/mol. The van der Waals surface area contributed by atoms with Gasteiger partial charge in [-0.25, -0.2) is 14.5 Å². The SMILES string of the molecule is CCc1nc2n(n1)CCC[C@H]2NC(=O)Nc1cc(OC)ccc1C. The van der Waals surface area contributed by atoms with Crippen LogP contribution in [0, 0.1) is 6.92 Å². The van der Waals surface area contributed by atoms with Gasteiger partial charge < -0.3 is 15.4 Å². The number of carbonyl (C=O) groups is 1. The van der Waals surface area contributed by atoms with Crippen molar-refractivity contribution in [2.24, 2.45) is 0 Å². The molecule has 3 rings (SSSR count). The fraction of sp³-hybridized carbons (Fsp3) is 0.471. The summed E-state index contributed by atoms with van der Waals surface area (Å²) >= 11 is 0. The van der Waals surface area contributed by atoms with Crippen LogP contribution in [0.15, 0.2) is 18.2 Å². The monoisotopic (exact) mass is 329 g/mol. The Morgan fingerprint density at radius 3 is 3.04 bits per heavy atom. The maximum atomic E-state index is 12.4. The minimum absolute atomic E-state index is 0.113. The lowest BCUT2D eigenvalue weighted by Gasteiger charge is -2.23. The zero-order valence-electron chi connectivity index (χ0n) is 14.3. The summed E-state index contributed by atoms with van der Waals surface area (Å²) in [5.41, 5.74) is 1.71. The van der Waals surface area contributed by atoms with E-state index < -0.39 is 0 Å². The molecular formula is C17H23N5O2. The molecule has 0 saturated carbocycles. The van der Waals surface area contributed by atoms with Gasteiger partial charge in [-0.3, -0.25) is 0 Å². The topological polar surface area (TPSA) is 81.1 Å². The Morgan fingerprint density at radius 2 is 2.29 bits per heavy atom. The molecule has 0 aliphatic carbocycles. The molecule has 1 aliphatic heterocycles. The number of amides is 2. The Morgan fingerprint density at radius 1 is 1.46 bits per heavy atom. The number of nitrogens with one attached hydrogen (secondary N) is 2. The standard InChI is InChI=1S/C17H23N5O2/c1-4-15-20-16-13(6-5-9-22(16)21-15)18-17(23)19-14-10-12(24-3)8-7-11(14)2/h7-8,10,13H,4-6,9H2,1-3H3,(H2,18,19,23)/t13-/m1/s1. The number of hydrogen-bond donors (Lipinski definition) is 2. The molecule has 7 heteroatoms. The first-order valence-electron chi connectivity index (χ1n) is 8.26. The summed E-state index contributed by atoms with van der Waals surface area (Å²) in [7, 11) is 1.61. The van der Waals surface area contributed by atoms with E-state index in [4.69, 9.17) is 4.74 Å². The van der Waals surface area contributed by atoms with Crippen LogP contribution in [0.2, 0.25) is 0 Å². The number of rotatable bonds is 4. The highest BCUT2D eigenvalue weighted by molar-refractivity contribution is 5.90. The summed E-state index contributed by atoms with van der Waals surface area (Å²) in [6.07, 6.45) is 2.64. The molecule has 0 bridgehead atoms. The van der Waals surface area contributed by atoms with E-state index >= 15 is 0 Å². The van der Waals surface area contributed by atoms with E-state index in [0.29, 0.717) is 5.75 Å². The minimum Gasteiger partial charge on any atom is -0.497 e. The van der Waals surface area contributed by atoms with Crippen LogP contribution in [0.4, 0.5) is 10.5 Å². The first-order valence-corrected chi connectivity index (χ1v) is 8.26. The lowest BCUT2D eigenvalue weighted by atomic mass is 10.1. The number of carbonyl (C=O) groups excluding carboxylic acids is 1. The van der Waals surface area contributed by atoms with Crippen molar-refractivity contribution in [2.45, 2.75) is 45.7 Å². The van der Waals surface area contributed by atoms with Crippen LogP contribution in [-0.2, 0) is 13.0 Å². The number of methoxy groups -OCH3 is 1. The van der Waals surface area contributed by atoms with Crippen LogP contribution in [0.25, 0.3) is 0 Å². The largest absolute Gasteiger partial charge is 0.497 e. The van der Waals surface area contributed by atoms with E-state index in [1.54, 1.807) is 7.11 Å². The highest BCUT2D eigenvalue weighted by atomic mass is 16.5. The van der Waals surface area contributed by atoms with Crippen molar-refractivity contribution in [2.75, 3.05) is 12.4 Å². The summed E-state index contributed by atoms with van der Waals surface area (Å²) in [6.45, 7) is 4.83. The fourth-order valence-corrected chi connectivity index (χ4v) is 2.87. The van der Waals surface area contributed by atoms with E-state index in [9.17, 15) is 4.79 Å². The van der Waals surface area contributed by atoms with Gasteiger partial charge in [-0.1, -0.05) is 13.0 Å². The molecule has 2 heterocycles. The molecule has 128 valence electrons. The van der Waals surface area contributed by atoms with Crippen molar-refractivity contribution < 1.29 is 9.53 Å². The Kier molecular flexibility index (Phi) is 4.69.